The maximum Gasteiger partial charge on any atom is 0.257 e. The Morgan fingerprint density at radius 1 is 1.08 bits per heavy atom. The van der Waals surface area contributed by atoms with Crippen LogP contribution in [0.1, 0.15) is 23.2 Å². The molecule has 1 atom stereocenters. The zero-order chi connectivity index (χ0) is 18.5. The highest BCUT2D eigenvalue weighted by molar-refractivity contribution is 5.97. The Morgan fingerprint density at radius 2 is 1.81 bits per heavy atom. The van der Waals surface area contributed by atoms with Gasteiger partial charge in [0.1, 0.15) is 11.5 Å². The molecular formula is C19H27N3O4. The third-order valence-corrected chi connectivity index (χ3v) is 5.16. The SMILES string of the molecule is COc1ccc(C(=O)N2CCN(C(=O)C3CCCNC3)CC2)c(OC)c1. The lowest BCUT2D eigenvalue weighted by Gasteiger charge is -2.37. The number of piperidine rings is 1. The van der Waals surface area contributed by atoms with Crippen LogP contribution < -0.4 is 14.8 Å². The summed E-state index contributed by atoms with van der Waals surface area (Å²) in [5.41, 5.74) is 0.518. The molecule has 2 saturated heterocycles. The number of amides is 2. The Hall–Kier alpha value is -2.28. The van der Waals surface area contributed by atoms with E-state index in [0.29, 0.717) is 43.2 Å². The molecule has 7 nitrogen and oxygen atoms in total. The van der Waals surface area contributed by atoms with Crippen molar-refractivity contribution >= 4 is 11.8 Å². The molecule has 1 aromatic rings. The number of nitrogens with one attached hydrogen (secondary N) is 1. The van der Waals surface area contributed by atoms with Crippen molar-refractivity contribution < 1.29 is 19.1 Å². The predicted octanol–water partition coefficient (Wildman–Crippen LogP) is 0.988. The number of methoxy groups -OCH3 is 2. The minimum absolute atomic E-state index is 0.0732. The average molecular weight is 361 g/mol. The molecular weight excluding hydrogens is 334 g/mol. The molecule has 2 aliphatic heterocycles. The number of rotatable bonds is 4. The Bertz CT molecular complexity index is 650. The van der Waals surface area contributed by atoms with Gasteiger partial charge in [-0.3, -0.25) is 9.59 Å². The molecule has 0 aromatic heterocycles. The number of piperazine rings is 1. The highest BCUT2D eigenvalue weighted by Crippen LogP contribution is 2.26. The average Bonchev–Trinajstić information content (AvgIpc) is 2.73. The molecule has 1 N–H and O–H groups in total. The Labute approximate surface area is 154 Å². The Morgan fingerprint density at radius 3 is 2.42 bits per heavy atom. The molecule has 3 rings (SSSR count). The summed E-state index contributed by atoms with van der Waals surface area (Å²) in [5.74, 6) is 1.37. The van der Waals surface area contributed by atoms with Gasteiger partial charge in [0, 0.05) is 38.8 Å². The molecule has 0 bridgehead atoms. The number of nitrogens with zero attached hydrogens (tertiary/aromatic N) is 2. The van der Waals surface area contributed by atoms with Crippen LogP contribution in [-0.4, -0.2) is 75.1 Å². The first-order valence-corrected chi connectivity index (χ1v) is 9.15. The standard InChI is InChI=1S/C19H27N3O4/c1-25-15-5-6-16(17(12-15)26-2)19(24)22-10-8-21(9-11-22)18(23)14-4-3-7-20-13-14/h5-6,12,14,20H,3-4,7-11,13H2,1-2H3. The molecule has 2 heterocycles. The van der Waals surface area contributed by atoms with Crippen LogP contribution in [0.15, 0.2) is 18.2 Å². The van der Waals surface area contributed by atoms with E-state index in [4.69, 9.17) is 9.47 Å². The van der Waals surface area contributed by atoms with Crippen molar-refractivity contribution in [3.05, 3.63) is 23.8 Å². The van der Waals surface area contributed by atoms with Gasteiger partial charge in [-0.25, -0.2) is 0 Å². The van der Waals surface area contributed by atoms with Crippen molar-refractivity contribution in [1.82, 2.24) is 15.1 Å². The van der Waals surface area contributed by atoms with Crippen LogP contribution in [0.5, 0.6) is 11.5 Å². The first-order chi connectivity index (χ1) is 12.6. The van der Waals surface area contributed by atoms with Crippen LogP contribution in [0.2, 0.25) is 0 Å². The van der Waals surface area contributed by atoms with Gasteiger partial charge in [-0.1, -0.05) is 0 Å². The highest BCUT2D eigenvalue weighted by atomic mass is 16.5. The molecule has 26 heavy (non-hydrogen) atoms. The third kappa shape index (κ3) is 3.93. The highest BCUT2D eigenvalue weighted by Gasteiger charge is 2.30. The molecule has 0 radical (unpaired) electrons. The van der Waals surface area contributed by atoms with E-state index in [1.165, 1.54) is 0 Å². The van der Waals surface area contributed by atoms with Gasteiger partial charge in [0.25, 0.3) is 5.91 Å². The summed E-state index contributed by atoms with van der Waals surface area (Å²) in [4.78, 5) is 29.1. The van der Waals surface area contributed by atoms with Gasteiger partial charge < -0.3 is 24.6 Å². The summed E-state index contributed by atoms with van der Waals surface area (Å²) in [6.45, 7) is 4.01. The summed E-state index contributed by atoms with van der Waals surface area (Å²) in [5, 5.41) is 3.29. The van der Waals surface area contributed by atoms with Crippen LogP contribution in [-0.2, 0) is 4.79 Å². The van der Waals surface area contributed by atoms with E-state index in [1.54, 1.807) is 37.3 Å². The summed E-state index contributed by atoms with van der Waals surface area (Å²) >= 11 is 0. The summed E-state index contributed by atoms with van der Waals surface area (Å²) < 4.78 is 10.5. The van der Waals surface area contributed by atoms with Crippen LogP contribution in [0.3, 0.4) is 0 Å². The number of hydrogen-bond acceptors (Lipinski definition) is 5. The summed E-state index contributed by atoms with van der Waals surface area (Å²) in [6, 6.07) is 5.19. The molecule has 0 saturated carbocycles. The van der Waals surface area contributed by atoms with Crippen molar-refractivity contribution in [3.63, 3.8) is 0 Å². The van der Waals surface area contributed by atoms with E-state index >= 15 is 0 Å². The number of hydrogen-bond donors (Lipinski definition) is 1. The van der Waals surface area contributed by atoms with Gasteiger partial charge in [0.15, 0.2) is 0 Å². The van der Waals surface area contributed by atoms with Crippen LogP contribution in [0, 0.1) is 5.92 Å². The Balaban J connectivity index is 1.61. The largest absolute Gasteiger partial charge is 0.497 e. The molecule has 1 aromatic carbocycles. The second-order valence-electron chi connectivity index (χ2n) is 6.73. The van der Waals surface area contributed by atoms with Crippen LogP contribution >= 0.6 is 0 Å². The molecule has 2 aliphatic rings. The predicted molar refractivity (Wildman–Crippen MR) is 97.6 cm³/mol. The number of carbonyl (C=O) groups excluding carboxylic acids is 2. The molecule has 142 valence electrons. The van der Waals surface area contributed by atoms with E-state index in [2.05, 4.69) is 5.32 Å². The van der Waals surface area contributed by atoms with Crippen LogP contribution in [0.4, 0.5) is 0 Å². The van der Waals surface area contributed by atoms with Crippen molar-refractivity contribution in [1.29, 1.82) is 0 Å². The van der Waals surface area contributed by atoms with Crippen molar-refractivity contribution in [2.75, 3.05) is 53.5 Å². The van der Waals surface area contributed by atoms with Gasteiger partial charge in [0.05, 0.1) is 25.7 Å². The smallest absolute Gasteiger partial charge is 0.257 e. The lowest BCUT2D eigenvalue weighted by Crippen LogP contribution is -2.53. The molecule has 0 aliphatic carbocycles. The van der Waals surface area contributed by atoms with Crippen molar-refractivity contribution in [2.45, 2.75) is 12.8 Å². The van der Waals surface area contributed by atoms with Gasteiger partial charge in [0.2, 0.25) is 5.91 Å². The number of ether oxygens (including phenoxy) is 2. The van der Waals surface area contributed by atoms with Gasteiger partial charge in [-0.05, 0) is 31.5 Å². The number of carbonyl (C=O) groups is 2. The van der Waals surface area contributed by atoms with E-state index in [0.717, 1.165) is 25.9 Å². The lowest BCUT2D eigenvalue weighted by molar-refractivity contribution is -0.137. The van der Waals surface area contributed by atoms with Crippen LogP contribution in [0.25, 0.3) is 0 Å². The molecule has 7 heteroatoms. The summed E-state index contributed by atoms with van der Waals surface area (Å²) in [7, 11) is 3.12. The zero-order valence-corrected chi connectivity index (χ0v) is 15.5. The quantitative estimate of drug-likeness (QED) is 0.866. The normalized spacial score (nSPS) is 20.6. The second-order valence-corrected chi connectivity index (χ2v) is 6.73. The maximum atomic E-state index is 12.8. The first kappa shape index (κ1) is 18.5. The maximum absolute atomic E-state index is 12.8. The fourth-order valence-electron chi connectivity index (χ4n) is 3.60. The monoisotopic (exact) mass is 361 g/mol. The topological polar surface area (TPSA) is 71.1 Å². The molecule has 0 spiro atoms. The fourth-order valence-corrected chi connectivity index (χ4v) is 3.60. The number of benzene rings is 1. The van der Waals surface area contributed by atoms with Gasteiger partial charge >= 0.3 is 0 Å². The molecule has 1 unspecified atom stereocenters. The van der Waals surface area contributed by atoms with Gasteiger partial charge in [-0.2, -0.15) is 0 Å². The molecule has 2 amide bonds. The fraction of sp³-hybridized carbons (Fsp3) is 0.579. The van der Waals surface area contributed by atoms with E-state index in [-0.39, 0.29) is 17.7 Å². The van der Waals surface area contributed by atoms with Gasteiger partial charge in [-0.15, -0.1) is 0 Å². The zero-order valence-electron chi connectivity index (χ0n) is 15.5. The summed E-state index contributed by atoms with van der Waals surface area (Å²) in [6.07, 6.45) is 2.00. The minimum Gasteiger partial charge on any atom is -0.497 e. The van der Waals surface area contributed by atoms with E-state index in [9.17, 15) is 9.59 Å². The molecule has 2 fully saturated rings. The van der Waals surface area contributed by atoms with E-state index in [1.807, 2.05) is 4.90 Å². The second kappa shape index (κ2) is 8.40. The first-order valence-electron chi connectivity index (χ1n) is 9.15. The van der Waals surface area contributed by atoms with E-state index < -0.39 is 0 Å². The third-order valence-electron chi connectivity index (χ3n) is 5.16. The van der Waals surface area contributed by atoms with Crippen molar-refractivity contribution in [2.24, 2.45) is 5.92 Å². The van der Waals surface area contributed by atoms with Crippen molar-refractivity contribution in [3.8, 4) is 11.5 Å². The Kier molecular flexibility index (Phi) is 5.98. The lowest BCUT2D eigenvalue weighted by atomic mass is 9.98. The minimum atomic E-state index is -0.0732.